The molecule has 1 fully saturated rings. The van der Waals surface area contributed by atoms with E-state index in [1.165, 1.54) is 24.3 Å². The molecule has 3 aromatic carbocycles. The highest BCUT2D eigenvalue weighted by molar-refractivity contribution is 6.40. The maximum Gasteiger partial charge on any atom is 0.272 e. The number of non-ortho nitro benzene ring substituents is 1. The van der Waals surface area contributed by atoms with E-state index in [0.29, 0.717) is 19.6 Å². The molecular formula is C30H31Cl2F2N5O4. The Morgan fingerprint density at radius 3 is 2.05 bits per heavy atom. The van der Waals surface area contributed by atoms with Crippen LogP contribution in [0.5, 0.6) is 0 Å². The Morgan fingerprint density at radius 1 is 0.977 bits per heavy atom. The van der Waals surface area contributed by atoms with Crippen LogP contribution in [-0.4, -0.2) is 65.3 Å². The molecule has 3 aromatic rings. The zero-order valence-corrected chi connectivity index (χ0v) is 24.7. The van der Waals surface area contributed by atoms with Crippen LogP contribution < -0.4 is 11.1 Å². The number of carbonyl (C=O) groups excluding carboxylic acids is 2. The maximum atomic E-state index is 13.5. The second-order valence-electron chi connectivity index (χ2n) is 10.4. The van der Waals surface area contributed by atoms with E-state index in [1.807, 2.05) is 4.90 Å². The second kappa shape index (κ2) is 14.7. The number of hydrogen-bond acceptors (Lipinski definition) is 6. The number of halogens is 4. The SMILES string of the molecule is NC(=O)C1CN(CC(=O)Nc2c(Cl)cc([N+](=O)[O-])cc2Cl)CCN1CCCCC(c1ccc(F)cc1)c1ccc(F)cc1. The zero-order chi connectivity index (χ0) is 31.1. The van der Waals surface area contributed by atoms with Gasteiger partial charge in [-0.2, -0.15) is 0 Å². The van der Waals surface area contributed by atoms with E-state index in [2.05, 4.69) is 5.32 Å². The van der Waals surface area contributed by atoms with Crippen molar-refractivity contribution in [1.82, 2.24) is 9.80 Å². The number of piperazine rings is 1. The lowest BCUT2D eigenvalue weighted by Crippen LogP contribution is -2.59. The number of nitro groups is 1. The van der Waals surface area contributed by atoms with E-state index in [0.717, 1.165) is 42.5 Å². The fraction of sp³-hybridized carbons (Fsp3) is 0.333. The number of nitrogens with two attached hydrogens (primary N) is 1. The number of carbonyl (C=O) groups is 2. The van der Waals surface area contributed by atoms with Crippen LogP contribution in [0, 0.1) is 21.7 Å². The molecule has 3 N–H and O–H groups in total. The summed E-state index contributed by atoms with van der Waals surface area (Å²) in [5.74, 6) is -1.63. The normalized spacial score (nSPS) is 15.9. The summed E-state index contributed by atoms with van der Waals surface area (Å²) in [7, 11) is 0. The van der Waals surface area contributed by atoms with Gasteiger partial charge in [-0.3, -0.25) is 29.5 Å². The molecule has 43 heavy (non-hydrogen) atoms. The number of nitro benzene ring substituents is 1. The van der Waals surface area contributed by atoms with Gasteiger partial charge in [0.15, 0.2) is 0 Å². The molecule has 9 nitrogen and oxygen atoms in total. The van der Waals surface area contributed by atoms with E-state index >= 15 is 0 Å². The summed E-state index contributed by atoms with van der Waals surface area (Å²) < 4.78 is 27.1. The molecule has 13 heteroatoms. The lowest BCUT2D eigenvalue weighted by Gasteiger charge is -2.39. The van der Waals surface area contributed by atoms with E-state index in [9.17, 15) is 28.5 Å². The third kappa shape index (κ3) is 8.70. The van der Waals surface area contributed by atoms with E-state index < -0.39 is 22.8 Å². The number of hydrogen-bond donors (Lipinski definition) is 2. The summed E-state index contributed by atoms with van der Waals surface area (Å²) >= 11 is 12.2. The number of rotatable bonds is 12. The standard InChI is InChI=1S/C30H31Cl2F2N5O4/c31-25-15-23(39(42)43)16-26(32)29(25)36-28(40)18-37-13-14-38(27(17-37)30(35)41)12-2-1-3-24(19-4-8-21(33)9-5-19)20-6-10-22(34)11-7-20/h4-11,15-16,24,27H,1-3,12-14,17-18H2,(H2,35,41)(H,36,40). The van der Waals surface area contributed by atoms with Gasteiger partial charge in [-0.25, -0.2) is 8.78 Å². The molecule has 1 saturated heterocycles. The fourth-order valence-corrected chi connectivity index (χ4v) is 5.87. The molecule has 1 heterocycles. The van der Waals surface area contributed by atoms with Crippen molar-refractivity contribution < 1.29 is 23.3 Å². The molecule has 1 unspecified atom stereocenters. The molecular weight excluding hydrogens is 603 g/mol. The predicted octanol–water partition coefficient (Wildman–Crippen LogP) is 5.59. The largest absolute Gasteiger partial charge is 0.368 e. The van der Waals surface area contributed by atoms with Crippen molar-refractivity contribution >= 4 is 46.4 Å². The topological polar surface area (TPSA) is 122 Å². The molecule has 1 aliphatic heterocycles. The van der Waals surface area contributed by atoms with Crippen LogP contribution in [0.2, 0.25) is 10.0 Å². The lowest BCUT2D eigenvalue weighted by molar-refractivity contribution is -0.384. The van der Waals surface area contributed by atoms with Gasteiger partial charge < -0.3 is 11.1 Å². The fourth-order valence-electron chi connectivity index (χ4n) is 5.30. The Bertz CT molecular complexity index is 1390. The maximum absolute atomic E-state index is 13.5. The van der Waals surface area contributed by atoms with Crippen molar-refractivity contribution in [2.24, 2.45) is 5.73 Å². The van der Waals surface area contributed by atoms with Gasteiger partial charge in [0.2, 0.25) is 11.8 Å². The average Bonchev–Trinajstić information content (AvgIpc) is 2.96. The Labute approximate surface area is 257 Å². The quantitative estimate of drug-likeness (QED) is 0.152. The molecule has 0 spiro atoms. The van der Waals surface area contributed by atoms with E-state index in [-0.39, 0.29) is 52.1 Å². The zero-order valence-electron chi connectivity index (χ0n) is 23.1. The number of nitrogens with one attached hydrogen (secondary N) is 1. The van der Waals surface area contributed by atoms with Gasteiger partial charge in [-0.1, -0.05) is 53.9 Å². The van der Waals surface area contributed by atoms with E-state index in [4.69, 9.17) is 28.9 Å². The molecule has 1 atom stereocenters. The molecule has 4 rings (SSSR count). The van der Waals surface area contributed by atoms with Gasteiger partial charge in [-0.15, -0.1) is 0 Å². The van der Waals surface area contributed by atoms with Crippen molar-refractivity contribution in [2.75, 3.05) is 38.0 Å². The molecule has 0 aromatic heterocycles. The van der Waals surface area contributed by atoms with Crippen molar-refractivity contribution in [3.63, 3.8) is 0 Å². The van der Waals surface area contributed by atoms with Gasteiger partial charge in [0.1, 0.15) is 17.7 Å². The van der Waals surface area contributed by atoms with Crippen molar-refractivity contribution in [2.45, 2.75) is 31.2 Å². The Morgan fingerprint density at radius 2 is 1.53 bits per heavy atom. The number of amides is 2. The summed E-state index contributed by atoms with van der Waals surface area (Å²) in [4.78, 5) is 39.2. The van der Waals surface area contributed by atoms with Crippen molar-refractivity contribution in [1.29, 1.82) is 0 Å². The number of anilines is 1. The van der Waals surface area contributed by atoms with Crippen LogP contribution in [0.15, 0.2) is 60.7 Å². The Kier molecular flexibility index (Phi) is 11.0. The summed E-state index contributed by atoms with van der Waals surface area (Å²) in [6.07, 6.45) is 2.30. The lowest BCUT2D eigenvalue weighted by atomic mass is 9.87. The predicted molar refractivity (Wildman–Crippen MR) is 161 cm³/mol. The van der Waals surface area contributed by atoms with Crippen LogP contribution in [0.3, 0.4) is 0 Å². The number of nitrogens with zero attached hydrogens (tertiary/aromatic N) is 3. The van der Waals surface area contributed by atoms with Gasteiger partial charge in [0, 0.05) is 37.7 Å². The number of primary amides is 1. The Balaban J connectivity index is 1.31. The van der Waals surface area contributed by atoms with Crippen LogP contribution in [0.25, 0.3) is 0 Å². The molecule has 0 aliphatic carbocycles. The minimum atomic E-state index is -0.637. The summed E-state index contributed by atoms with van der Waals surface area (Å²) in [6.45, 7) is 1.82. The second-order valence-corrected chi connectivity index (χ2v) is 11.2. The Hall–Kier alpha value is -3.64. The minimum Gasteiger partial charge on any atom is -0.368 e. The minimum absolute atomic E-state index is 0.0405. The van der Waals surface area contributed by atoms with Gasteiger partial charge in [0.25, 0.3) is 5.69 Å². The first-order valence-corrected chi connectivity index (χ1v) is 14.5. The summed E-state index contributed by atoms with van der Waals surface area (Å²) in [6, 6.07) is 14.2. The first kappa shape index (κ1) is 32.3. The third-order valence-corrected chi connectivity index (χ3v) is 8.10. The van der Waals surface area contributed by atoms with Crippen LogP contribution in [-0.2, 0) is 9.59 Å². The van der Waals surface area contributed by atoms with Crippen molar-refractivity contribution in [3.8, 4) is 0 Å². The van der Waals surface area contributed by atoms with Crippen LogP contribution in [0.4, 0.5) is 20.2 Å². The smallest absolute Gasteiger partial charge is 0.272 e. The highest BCUT2D eigenvalue weighted by atomic mass is 35.5. The number of unbranched alkanes of at least 4 members (excludes halogenated alkanes) is 1. The number of benzene rings is 3. The highest BCUT2D eigenvalue weighted by Crippen LogP contribution is 2.35. The van der Waals surface area contributed by atoms with E-state index in [1.54, 1.807) is 29.2 Å². The molecule has 1 aliphatic rings. The first-order valence-electron chi connectivity index (χ1n) is 13.7. The first-order chi connectivity index (χ1) is 20.5. The molecule has 0 saturated carbocycles. The third-order valence-electron chi connectivity index (χ3n) is 7.51. The van der Waals surface area contributed by atoms with Crippen molar-refractivity contribution in [3.05, 3.63) is 104 Å². The summed E-state index contributed by atoms with van der Waals surface area (Å²) in [5.41, 5.74) is 7.37. The summed E-state index contributed by atoms with van der Waals surface area (Å²) in [5, 5.41) is 13.5. The average molecular weight is 635 g/mol. The molecule has 0 bridgehead atoms. The van der Waals surface area contributed by atoms with Gasteiger partial charge >= 0.3 is 0 Å². The van der Waals surface area contributed by atoms with Crippen LogP contribution in [0.1, 0.15) is 36.3 Å². The highest BCUT2D eigenvalue weighted by Gasteiger charge is 2.31. The van der Waals surface area contributed by atoms with Crippen LogP contribution >= 0.6 is 23.2 Å². The molecule has 2 amide bonds. The molecule has 0 radical (unpaired) electrons. The molecule has 228 valence electrons. The van der Waals surface area contributed by atoms with Gasteiger partial charge in [0.05, 0.1) is 27.2 Å². The van der Waals surface area contributed by atoms with Gasteiger partial charge in [-0.05, 0) is 54.8 Å². The monoisotopic (exact) mass is 633 g/mol.